The maximum atomic E-state index is 11.9. The number of hydrogen-bond donors (Lipinski definition) is 0. The molecule has 0 amide bonds. The number of carbonyl (C=O) groups is 1. The van der Waals surface area contributed by atoms with Gasteiger partial charge in [-0.3, -0.25) is 0 Å². The molecule has 1 rings (SSSR count). The Labute approximate surface area is 112 Å². The van der Waals surface area contributed by atoms with Gasteiger partial charge < -0.3 is 9.47 Å². The van der Waals surface area contributed by atoms with Crippen LogP contribution < -0.4 is 4.74 Å². The Hall–Kier alpha value is -2.16. The second kappa shape index (κ2) is 6.14. The number of carbonyl (C=O) groups excluding carboxylic acids is 1. The summed E-state index contributed by atoms with van der Waals surface area (Å²) in [5, 5.41) is 9.26. The van der Waals surface area contributed by atoms with E-state index < -0.39 is 11.4 Å². The van der Waals surface area contributed by atoms with Crippen molar-refractivity contribution in [3.05, 3.63) is 18.1 Å². The predicted octanol–water partition coefficient (Wildman–Crippen LogP) is 1.61. The quantitative estimate of drug-likeness (QED) is 0.750. The topological polar surface area (TPSA) is 85.1 Å². The molecule has 1 unspecified atom stereocenters. The number of nitrogens with zero attached hydrogens (tertiary/aromatic N) is 3. The highest BCUT2D eigenvalue weighted by molar-refractivity contribution is 5.85. The van der Waals surface area contributed by atoms with Gasteiger partial charge in [0.1, 0.15) is 6.33 Å². The van der Waals surface area contributed by atoms with Crippen molar-refractivity contribution >= 4 is 5.97 Å². The number of nitriles is 1. The van der Waals surface area contributed by atoms with Crippen molar-refractivity contribution in [2.24, 2.45) is 0 Å². The van der Waals surface area contributed by atoms with Crippen LogP contribution in [0.3, 0.4) is 0 Å². The van der Waals surface area contributed by atoms with Crippen LogP contribution in [0.5, 0.6) is 5.88 Å². The zero-order valence-electron chi connectivity index (χ0n) is 11.5. The van der Waals surface area contributed by atoms with E-state index in [0.717, 1.165) is 0 Å². The molecule has 1 aromatic heterocycles. The molecule has 19 heavy (non-hydrogen) atoms. The number of ether oxygens (including phenoxy) is 2. The Morgan fingerprint density at radius 1 is 1.53 bits per heavy atom. The molecule has 6 nitrogen and oxygen atoms in total. The largest absolute Gasteiger partial charge is 0.475 e. The number of rotatable bonds is 5. The maximum absolute atomic E-state index is 11.9. The molecule has 0 aliphatic rings. The zero-order chi connectivity index (χ0) is 14.5. The monoisotopic (exact) mass is 263 g/mol. The van der Waals surface area contributed by atoms with Crippen molar-refractivity contribution in [3.8, 4) is 11.9 Å². The average molecular weight is 263 g/mol. The fourth-order valence-electron chi connectivity index (χ4n) is 1.40. The number of esters is 1. The summed E-state index contributed by atoms with van der Waals surface area (Å²) in [6, 6.07) is 3.43. The van der Waals surface area contributed by atoms with Crippen LogP contribution in [0.1, 0.15) is 33.4 Å². The number of hydrogen-bond acceptors (Lipinski definition) is 6. The van der Waals surface area contributed by atoms with Crippen LogP contribution in [0.4, 0.5) is 0 Å². The summed E-state index contributed by atoms with van der Waals surface area (Å²) in [6.45, 7) is 7.07. The summed E-state index contributed by atoms with van der Waals surface area (Å²) in [7, 11) is 0. The van der Waals surface area contributed by atoms with Crippen LogP contribution in [0.15, 0.2) is 12.4 Å². The first-order valence-electron chi connectivity index (χ1n) is 6.01. The molecular formula is C13H17N3O3. The molecule has 0 aliphatic heterocycles. The maximum Gasteiger partial charge on any atom is 0.332 e. The Morgan fingerprint density at radius 3 is 2.74 bits per heavy atom. The molecule has 1 aromatic rings. The first kappa shape index (κ1) is 14.9. The molecule has 0 radical (unpaired) electrons. The van der Waals surface area contributed by atoms with E-state index >= 15 is 0 Å². The van der Waals surface area contributed by atoms with Gasteiger partial charge in [-0.25, -0.2) is 14.8 Å². The van der Waals surface area contributed by atoms with E-state index in [0.29, 0.717) is 5.88 Å². The van der Waals surface area contributed by atoms with Crippen molar-refractivity contribution in [2.45, 2.75) is 39.2 Å². The SMILES string of the molecule is CCOC(=O)C(C)(C#N)c1cc(OC(C)C)ncn1. The van der Waals surface area contributed by atoms with E-state index in [9.17, 15) is 10.1 Å². The lowest BCUT2D eigenvalue weighted by atomic mass is 9.88. The summed E-state index contributed by atoms with van der Waals surface area (Å²) in [6.07, 6.45) is 1.21. The number of aromatic nitrogens is 2. The third-order valence-electron chi connectivity index (χ3n) is 2.42. The molecule has 0 fully saturated rings. The second-order valence-electron chi connectivity index (χ2n) is 4.37. The van der Waals surface area contributed by atoms with Crippen molar-refractivity contribution < 1.29 is 14.3 Å². The molecule has 0 saturated heterocycles. The summed E-state index contributed by atoms with van der Waals surface area (Å²) in [5.74, 6) is -0.308. The molecule has 102 valence electrons. The molecule has 1 atom stereocenters. The Bertz CT molecular complexity index is 496. The first-order valence-corrected chi connectivity index (χ1v) is 6.01. The fourth-order valence-corrected chi connectivity index (χ4v) is 1.40. The van der Waals surface area contributed by atoms with Crippen LogP contribution in [0, 0.1) is 11.3 Å². The van der Waals surface area contributed by atoms with E-state index in [1.54, 1.807) is 6.92 Å². The van der Waals surface area contributed by atoms with Crippen molar-refractivity contribution in [2.75, 3.05) is 6.61 Å². The molecular weight excluding hydrogens is 246 g/mol. The van der Waals surface area contributed by atoms with E-state index in [-0.39, 0.29) is 18.4 Å². The highest BCUT2D eigenvalue weighted by Crippen LogP contribution is 2.25. The first-order chi connectivity index (χ1) is 8.93. The molecule has 0 spiro atoms. The molecule has 1 heterocycles. The molecule has 0 saturated carbocycles. The van der Waals surface area contributed by atoms with Gasteiger partial charge in [0.2, 0.25) is 5.88 Å². The van der Waals surface area contributed by atoms with E-state index in [1.807, 2.05) is 19.9 Å². The van der Waals surface area contributed by atoms with Crippen LogP contribution in [-0.4, -0.2) is 28.6 Å². The smallest absolute Gasteiger partial charge is 0.332 e. The molecule has 0 aromatic carbocycles. The summed E-state index contributed by atoms with van der Waals surface area (Å²) >= 11 is 0. The van der Waals surface area contributed by atoms with Gasteiger partial charge in [0.25, 0.3) is 0 Å². The summed E-state index contributed by atoms with van der Waals surface area (Å²) in [4.78, 5) is 19.8. The lowest BCUT2D eigenvalue weighted by Crippen LogP contribution is -2.34. The van der Waals surface area contributed by atoms with Crippen molar-refractivity contribution in [1.82, 2.24) is 9.97 Å². The molecule has 6 heteroatoms. The fraction of sp³-hybridized carbons (Fsp3) is 0.538. The Kier molecular flexibility index (Phi) is 4.81. The molecule has 0 aliphatic carbocycles. The Balaban J connectivity index is 3.12. The highest BCUT2D eigenvalue weighted by Gasteiger charge is 2.39. The van der Waals surface area contributed by atoms with Gasteiger partial charge in [-0.05, 0) is 27.7 Å². The summed E-state index contributed by atoms with van der Waals surface area (Å²) < 4.78 is 10.3. The normalized spacial score (nSPS) is 13.5. The van der Waals surface area contributed by atoms with Crippen LogP contribution >= 0.6 is 0 Å². The van der Waals surface area contributed by atoms with Gasteiger partial charge in [0.05, 0.1) is 24.5 Å². The standard InChI is InChI=1S/C13H17N3O3/c1-5-18-12(17)13(4,7-14)10-6-11(16-8-15-10)19-9(2)3/h6,8-9H,5H2,1-4H3. The second-order valence-corrected chi connectivity index (χ2v) is 4.37. The van der Waals surface area contributed by atoms with Crippen LogP contribution in [-0.2, 0) is 14.9 Å². The van der Waals surface area contributed by atoms with E-state index in [1.165, 1.54) is 19.3 Å². The minimum absolute atomic E-state index is 0.0568. The van der Waals surface area contributed by atoms with Gasteiger partial charge in [-0.2, -0.15) is 5.26 Å². The van der Waals surface area contributed by atoms with Gasteiger partial charge in [0, 0.05) is 6.07 Å². The van der Waals surface area contributed by atoms with Gasteiger partial charge >= 0.3 is 5.97 Å². The van der Waals surface area contributed by atoms with E-state index in [4.69, 9.17) is 9.47 Å². The third-order valence-corrected chi connectivity index (χ3v) is 2.42. The minimum Gasteiger partial charge on any atom is -0.475 e. The molecule has 0 N–H and O–H groups in total. The van der Waals surface area contributed by atoms with Gasteiger partial charge in [-0.1, -0.05) is 0 Å². The predicted molar refractivity (Wildman–Crippen MR) is 67.4 cm³/mol. The zero-order valence-corrected chi connectivity index (χ0v) is 11.5. The average Bonchev–Trinajstić information content (AvgIpc) is 2.37. The van der Waals surface area contributed by atoms with Gasteiger partial charge in [-0.15, -0.1) is 0 Å². The van der Waals surface area contributed by atoms with Crippen LogP contribution in [0.2, 0.25) is 0 Å². The highest BCUT2D eigenvalue weighted by atomic mass is 16.5. The minimum atomic E-state index is -1.46. The van der Waals surface area contributed by atoms with Crippen LogP contribution in [0.25, 0.3) is 0 Å². The van der Waals surface area contributed by atoms with E-state index in [2.05, 4.69) is 9.97 Å². The lowest BCUT2D eigenvalue weighted by Gasteiger charge is -2.19. The molecule has 0 bridgehead atoms. The Morgan fingerprint density at radius 2 is 2.21 bits per heavy atom. The third kappa shape index (κ3) is 3.41. The van der Waals surface area contributed by atoms with Crippen molar-refractivity contribution in [1.29, 1.82) is 5.26 Å². The lowest BCUT2D eigenvalue weighted by molar-refractivity contribution is -0.147. The summed E-state index contributed by atoms with van der Waals surface area (Å²) in [5.41, 5.74) is -1.20. The van der Waals surface area contributed by atoms with Gasteiger partial charge in [0.15, 0.2) is 5.41 Å². The van der Waals surface area contributed by atoms with Crippen molar-refractivity contribution in [3.63, 3.8) is 0 Å².